The van der Waals surface area contributed by atoms with Gasteiger partial charge in [0.05, 0.1) is 6.61 Å². The Bertz CT molecular complexity index is 833. The number of hydrogen-bond donors (Lipinski definition) is 1. The minimum absolute atomic E-state index is 0.0180. The van der Waals surface area contributed by atoms with Gasteiger partial charge in [-0.3, -0.25) is 9.59 Å². The van der Waals surface area contributed by atoms with E-state index in [0.29, 0.717) is 50.5 Å². The lowest BCUT2D eigenvalue weighted by Crippen LogP contribution is -2.42. The number of hydrogen-bond acceptors (Lipinski definition) is 4. The fourth-order valence-corrected chi connectivity index (χ4v) is 3.60. The van der Waals surface area contributed by atoms with Gasteiger partial charge in [-0.25, -0.2) is 4.98 Å². The van der Waals surface area contributed by atoms with Crippen LogP contribution in [-0.2, 0) is 11.3 Å². The standard InChI is InChI=1S/C22H26BrN3O3/c1-2-14-29-21-18(4-3-11-24-21)15-25-20(27)16-9-12-26(13-10-16)22(28)17-5-7-19(23)8-6-17/h3-8,11,16H,2,9-10,12-15H2,1H3,(H,25,27). The van der Waals surface area contributed by atoms with E-state index < -0.39 is 0 Å². The number of piperidine rings is 1. The average Bonchev–Trinajstić information content (AvgIpc) is 2.76. The van der Waals surface area contributed by atoms with E-state index in [1.807, 2.05) is 48.2 Å². The van der Waals surface area contributed by atoms with Crippen molar-refractivity contribution in [2.24, 2.45) is 5.92 Å². The molecule has 1 N–H and O–H groups in total. The maximum absolute atomic E-state index is 12.6. The first-order chi connectivity index (χ1) is 14.1. The maximum Gasteiger partial charge on any atom is 0.253 e. The van der Waals surface area contributed by atoms with Crippen molar-refractivity contribution < 1.29 is 14.3 Å². The number of nitrogens with zero attached hydrogens (tertiary/aromatic N) is 2. The van der Waals surface area contributed by atoms with E-state index in [9.17, 15) is 9.59 Å². The van der Waals surface area contributed by atoms with Crippen molar-refractivity contribution in [1.29, 1.82) is 0 Å². The van der Waals surface area contributed by atoms with Crippen molar-refractivity contribution in [2.45, 2.75) is 32.7 Å². The topological polar surface area (TPSA) is 71.5 Å². The Morgan fingerprint density at radius 2 is 1.93 bits per heavy atom. The van der Waals surface area contributed by atoms with Crippen LogP contribution in [0.3, 0.4) is 0 Å². The van der Waals surface area contributed by atoms with Gasteiger partial charge in [-0.05, 0) is 49.6 Å². The number of nitrogens with one attached hydrogen (secondary N) is 1. The van der Waals surface area contributed by atoms with Gasteiger partial charge < -0.3 is 15.0 Å². The Hall–Kier alpha value is -2.41. The van der Waals surface area contributed by atoms with Crippen molar-refractivity contribution in [3.63, 3.8) is 0 Å². The number of carbonyl (C=O) groups is 2. The Kier molecular flexibility index (Phi) is 7.63. The van der Waals surface area contributed by atoms with Gasteiger partial charge in [0, 0.05) is 47.3 Å². The van der Waals surface area contributed by atoms with Gasteiger partial charge in [0.25, 0.3) is 5.91 Å². The van der Waals surface area contributed by atoms with Crippen LogP contribution in [0, 0.1) is 5.92 Å². The average molecular weight is 460 g/mol. The van der Waals surface area contributed by atoms with Crippen LogP contribution in [0.4, 0.5) is 0 Å². The summed E-state index contributed by atoms with van der Waals surface area (Å²) in [7, 11) is 0. The second kappa shape index (κ2) is 10.4. The van der Waals surface area contributed by atoms with Crippen LogP contribution < -0.4 is 10.1 Å². The molecule has 154 valence electrons. The number of likely N-dealkylation sites (tertiary alicyclic amines) is 1. The van der Waals surface area contributed by atoms with Gasteiger partial charge in [-0.1, -0.05) is 28.9 Å². The molecule has 7 heteroatoms. The Morgan fingerprint density at radius 1 is 1.21 bits per heavy atom. The first kappa shape index (κ1) is 21.3. The first-order valence-corrected chi connectivity index (χ1v) is 10.8. The molecule has 0 saturated carbocycles. The third-order valence-electron chi connectivity index (χ3n) is 4.99. The summed E-state index contributed by atoms with van der Waals surface area (Å²) in [6.07, 6.45) is 3.93. The number of pyridine rings is 1. The molecule has 3 rings (SSSR count). The third kappa shape index (κ3) is 5.79. The molecular formula is C22H26BrN3O3. The van der Waals surface area contributed by atoms with Gasteiger partial charge >= 0.3 is 0 Å². The smallest absolute Gasteiger partial charge is 0.253 e. The summed E-state index contributed by atoms with van der Waals surface area (Å²) >= 11 is 3.38. The van der Waals surface area contributed by atoms with Gasteiger partial charge in [0.2, 0.25) is 11.8 Å². The summed E-state index contributed by atoms with van der Waals surface area (Å²) < 4.78 is 6.59. The number of ether oxygens (including phenoxy) is 1. The molecule has 0 atom stereocenters. The predicted molar refractivity (Wildman–Crippen MR) is 115 cm³/mol. The quantitative estimate of drug-likeness (QED) is 0.683. The second-order valence-corrected chi connectivity index (χ2v) is 8.02. The van der Waals surface area contributed by atoms with Crippen LogP contribution in [0.15, 0.2) is 47.1 Å². The summed E-state index contributed by atoms with van der Waals surface area (Å²) in [5, 5.41) is 3.00. The van der Waals surface area contributed by atoms with Crippen LogP contribution >= 0.6 is 15.9 Å². The minimum Gasteiger partial charge on any atom is -0.477 e. The van der Waals surface area contributed by atoms with Gasteiger partial charge in [0.1, 0.15) is 0 Å². The summed E-state index contributed by atoms with van der Waals surface area (Å²) in [4.78, 5) is 31.3. The number of halogens is 1. The van der Waals surface area contributed by atoms with E-state index in [0.717, 1.165) is 16.5 Å². The maximum atomic E-state index is 12.6. The zero-order chi connectivity index (χ0) is 20.6. The number of aromatic nitrogens is 1. The predicted octanol–water partition coefficient (Wildman–Crippen LogP) is 3.80. The Morgan fingerprint density at radius 3 is 2.62 bits per heavy atom. The molecule has 6 nitrogen and oxygen atoms in total. The Balaban J connectivity index is 1.49. The molecule has 0 spiro atoms. The molecule has 1 aliphatic heterocycles. The summed E-state index contributed by atoms with van der Waals surface area (Å²) in [6, 6.07) is 11.1. The molecule has 2 heterocycles. The highest BCUT2D eigenvalue weighted by molar-refractivity contribution is 9.10. The van der Waals surface area contributed by atoms with Gasteiger partial charge in [-0.2, -0.15) is 0 Å². The number of carbonyl (C=O) groups excluding carboxylic acids is 2. The molecule has 1 aliphatic rings. The second-order valence-electron chi connectivity index (χ2n) is 7.11. The van der Waals surface area contributed by atoms with Crippen molar-refractivity contribution in [2.75, 3.05) is 19.7 Å². The fraction of sp³-hybridized carbons (Fsp3) is 0.409. The molecule has 0 bridgehead atoms. The molecule has 0 unspecified atom stereocenters. The monoisotopic (exact) mass is 459 g/mol. The molecule has 1 aromatic heterocycles. The van der Waals surface area contributed by atoms with E-state index in [-0.39, 0.29) is 17.7 Å². The zero-order valence-electron chi connectivity index (χ0n) is 16.6. The number of amides is 2. The molecule has 1 fully saturated rings. The summed E-state index contributed by atoms with van der Waals surface area (Å²) in [5.41, 5.74) is 1.55. The first-order valence-electron chi connectivity index (χ1n) is 9.97. The molecule has 2 aromatic rings. The Labute approximate surface area is 179 Å². The van der Waals surface area contributed by atoms with Crippen molar-refractivity contribution in [1.82, 2.24) is 15.2 Å². The molecule has 1 aromatic carbocycles. The molecule has 0 radical (unpaired) electrons. The van der Waals surface area contributed by atoms with Crippen molar-refractivity contribution >= 4 is 27.7 Å². The lowest BCUT2D eigenvalue weighted by atomic mass is 9.95. The SMILES string of the molecule is CCCOc1ncccc1CNC(=O)C1CCN(C(=O)c2ccc(Br)cc2)CC1. The minimum atomic E-state index is -0.0827. The molecule has 2 amide bonds. The lowest BCUT2D eigenvalue weighted by molar-refractivity contribution is -0.126. The fourth-order valence-electron chi connectivity index (χ4n) is 3.33. The summed E-state index contributed by atoms with van der Waals surface area (Å²) in [6.45, 7) is 4.21. The van der Waals surface area contributed by atoms with E-state index in [4.69, 9.17) is 4.74 Å². The van der Waals surface area contributed by atoms with E-state index in [1.165, 1.54) is 0 Å². The third-order valence-corrected chi connectivity index (χ3v) is 5.52. The van der Waals surface area contributed by atoms with E-state index in [2.05, 4.69) is 26.2 Å². The van der Waals surface area contributed by atoms with Crippen LogP contribution in [0.25, 0.3) is 0 Å². The molecule has 29 heavy (non-hydrogen) atoms. The molecule has 0 aliphatic carbocycles. The van der Waals surface area contributed by atoms with Gasteiger partial charge in [-0.15, -0.1) is 0 Å². The highest BCUT2D eigenvalue weighted by atomic mass is 79.9. The lowest BCUT2D eigenvalue weighted by Gasteiger charge is -2.31. The molecular weight excluding hydrogens is 434 g/mol. The van der Waals surface area contributed by atoms with E-state index in [1.54, 1.807) is 6.20 Å². The highest BCUT2D eigenvalue weighted by Crippen LogP contribution is 2.21. The van der Waals surface area contributed by atoms with E-state index >= 15 is 0 Å². The number of rotatable bonds is 7. The highest BCUT2D eigenvalue weighted by Gasteiger charge is 2.27. The normalized spacial score (nSPS) is 14.5. The van der Waals surface area contributed by atoms with Crippen LogP contribution in [-0.4, -0.2) is 41.4 Å². The van der Waals surface area contributed by atoms with Crippen LogP contribution in [0.5, 0.6) is 5.88 Å². The molecule has 1 saturated heterocycles. The largest absolute Gasteiger partial charge is 0.477 e. The van der Waals surface area contributed by atoms with Crippen molar-refractivity contribution in [3.8, 4) is 5.88 Å². The van der Waals surface area contributed by atoms with Crippen LogP contribution in [0.1, 0.15) is 42.1 Å². The summed E-state index contributed by atoms with van der Waals surface area (Å²) in [5.74, 6) is 0.528. The van der Waals surface area contributed by atoms with Gasteiger partial charge in [0.15, 0.2) is 0 Å². The van der Waals surface area contributed by atoms with Crippen molar-refractivity contribution in [3.05, 3.63) is 58.2 Å². The van der Waals surface area contributed by atoms with Crippen LogP contribution in [0.2, 0.25) is 0 Å². The number of benzene rings is 1. The zero-order valence-corrected chi connectivity index (χ0v) is 18.2.